The number of ether oxygens (including phenoxy) is 1. The first kappa shape index (κ1) is 23.2. The van der Waals surface area contributed by atoms with Crippen molar-refractivity contribution in [2.24, 2.45) is 0 Å². The van der Waals surface area contributed by atoms with Crippen molar-refractivity contribution in [2.75, 3.05) is 18.1 Å². The van der Waals surface area contributed by atoms with Crippen LogP contribution >= 0.6 is 0 Å². The van der Waals surface area contributed by atoms with Gasteiger partial charge in [0.1, 0.15) is 11.9 Å². The predicted molar refractivity (Wildman–Crippen MR) is 123 cm³/mol. The highest BCUT2D eigenvalue weighted by Gasteiger charge is 2.43. The van der Waals surface area contributed by atoms with E-state index in [0.717, 1.165) is 0 Å². The van der Waals surface area contributed by atoms with E-state index in [1.807, 2.05) is 0 Å². The van der Waals surface area contributed by atoms with Crippen molar-refractivity contribution >= 4 is 29.3 Å². The molecule has 4 heterocycles. The van der Waals surface area contributed by atoms with Crippen molar-refractivity contribution in [1.82, 2.24) is 15.2 Å². The number of hydrogen-bond acceptors (Lipinski definition) is 5. The van der Waals surface area contributed by atoms with E-state index in [4.69, 9.17) is 4.74 Å². The number of aromatic amines is 1. The Balaban J connectivity index is 1.31. The molecule has 2 aromatic rings. The number of imide groups is 1. The van der Waals surface area contributed by atoms with Crippen LogP contribution in [-0.2, 0) is 32.1 Å². The van der Waals surface area contributed by atoms with Gasteiger partial charge in [-0.3, -0.25) is 24.1 Å². The summed E-state index contributed by atoms with van der Waals surface area (Å²) in [7, 11) is 0. The number of H-pyrrole nitrogens is 1. The maximum atomic E-state index is 13.6. The Kier molecular flexibility index (Phi) is 5.92. The van der Waals surface area contributed by atoms with Gasteiger partial charge in [-0.15, -0.1) is 0 Å². The molecule has 0 spiro atoms. The summed E-state index contributed by atoms with van der Waals surface area (Å²) in [6, 6.07) is 3.17. The maximum Gasteiger partial charge on any atom is 0.254 e. The molecule has 184 valence electrons. The molecule has 0 radical (unpaired) electrons. The Labute approximate surface area is 201 Å². The van der Waals surface area contributed by atoms with Crippen LogP contribution in [0.5, 0.6) is 0 Å². The quantitative estimate of drug-likeness (QED) is 0.633. The third-order valence-corrected chi connectivity index (χ3v) is 7.10. The number of anilines is 1. The van der Waals surface area contributed by atoms with Gasteiger partial charge >= 0.3 is 0 Å². The van der Waals surface area contributed by atoms with E-state index >= 15 is 0 Å². The number of rotatable bonds is 5. The molecule has 9 nitrogen and oxygen atoms in total. The van der Waals surface area contributed by atoms with Gasteiger partial charge in [-0.05, 0) is 56.0 Å². The molecule has 3 aliphatic rings. The fourth-order valence-corrected chi connectivity index (χ4v) is 5.32. The van der Waals surface area contributed by atoms with Crippen molar-refractivity contribution in [2.45, 2.75) is 58.2 Å². The van der Waals surface area contributed by atoms with Gasteiger partial charge in [0.25, 0.3) is 11.8 Å². The lowest BCUT2D eigenvalue weighted by atomic mass is 10.1. The summed E-state index contributed by atoms with van der Waals surface area (Å²) < 4.78 is 18.9. The number of aromatic nitrogens is 1. The molecular weight excluding hydrogens is 455 g/mol. The van der Waals surface area contributed by atoms with Gasteiger partial charge in [0.15, 0.2) is 0 Å². The number of benzene rings is 1. The van der Waals surface area contributed by atoms with Crippen LogP contribution in [0.3, 0.4) is 0 Å². The predicted octanol–water partition coefficient (Wildman–Crippen LogP) is 1.90. The molecule has 3 aliphatic heterocycles. The number of carbonyl (C=O) groups excluding carboxylic acids is 4. The first-order valence-corrected chi connectivity index (χ1v) is 11.8. The lowest BCUT2D eigenvalue weighted by molar-refractivity contribution is -0.143. The van der Waals surface area contributed by atoms with E-state index in [2.05, 4.69) is 10.3 Å². The van der Waals surface area contributed by atoms with E-state index in [9.17, 15) is 23.6 Å². The number of halogens is 1. The van der Waals surface area contributed by atoms with Gasteiger partial charge < -0.3 is 19.9 Å². The number of hydrogen-bond donors (Lipinski definition) is 2. The van der Waals surface area contributed by atoms with Crippen LogP contribution in [0.1, 0.15) is 52.1 Å². The Hall–Kier alpha value is -3.53. The maximum absolute atomic E-state index is 13.6. The van der Waals surface area contributed by atoms with Crippen molar-refractivity contribution < 1.29 is 28.3 Å². The van der Waals surface area contributed by atoms with Crippen LogP contribution in [0, 0.1) is 19.7 Å². The van der Waals surface area contributed by atoms with Crippen LogP contribution in [0.25, 0.3) is 0 Å². The minimum atomic E-state index is -0.906. The Morgan fingerprint density at radius 2 is 1.91 bits per heavy atom. The average Bonchev–Trinajstić information content (AvgIpc) is 3.38. The normalized spacial score (nSPS) is 20.7. The Morgan fingerprint density at radius 1 is 1.17 bits per heavy atom. The van der Waals surface area contributed by atoms with E-state index < -0.39 is 11.9 Å². The van der Waals surface area contributed by atoms with E-state index in [0.29, 0.717) is 59.8 Å². The molecule has 35 heavy (non-hydrogen) atoms. The molecule has 0 aliphatic carbocycles. The summed E-state index contributed by atoms with van der Waals surface area (Å²) in [5, 5.41) is 2.74. The molecule has 1 atom stereocenters. The van der Waals surface area contributed by atoms with Crippen LogP contribution in [0.2, 0.25) is 0 Å². The first-order valence-electron chi connectivity index (χ1n) is 11.8. The zero-order chi connectivity index (χ0) is 24.9. The zero-order valence-electron chi connectivity index (χ0n) is 19.7. The average molecular weight is 483 g/mol. The third-order valence-electron chi connectivity index (χ3n) is 7.10. The van der Waals surface area contributed by atoms with Gasteiger partial charge in [-0.1, -0.05) is 0 Å². The zero-order valence-corrected chi connectivity index (χ0v) is 19.7. The van der Waals surface area contributed by atoms with E-state index in [1.165, 1.54) is 17.0 Å². The molecule has 10 heteroatoms. The third kappa shape index (κ3) is 4.12. The van der Waals surface area contributed by atoms with Crippen LogP contribution < -0.4 is 10.2 Å². The highest BCUT2D eigenvalue weighted by molar-refractivity contribution is 6.09. The number of fused-ring (bicyclic) bond motifs is 1. The second-order valence-electron chi connectivity index (χ2n) is 9.33. The number of amides is 4. The minimum absolute atomic E-state index is 0.0626. The summed E-state index contributed by atoms with van der Waals surface area (Å²) in [4.78, 5) is 57.3. The number of nitrogens with one attached hydrogen (secondary N) is 2. The summed E-state index contributed by atoms with van der Waals surface area (Å²) in [6.07, 6.45) is 1.26. The van der Waals surface area contributed by atoms with Gasteiger partial charge in [-0.2, -0.15) is 0 Å². The minimum Gasteiger partial charge on any atom is -0.381 e. The van der Waals surface area contributed by atoms with Gasteiger partial charge in [-0.25, -0.2) is 4.39 Å². The Bertz CT molecular complexity index is 1230. The second-order valence-corrected chi connectivity index (χ2v) is 9.33. The summed E-state index contributed by atoms with van der Waals surface area (Å²) in [5.41, 5.74) is 3.59. The molecule has 2 N–H and O–H groups in total. The van der Waals surface area contributed by atoms with Crippen molar-refractivity contribution in [1.29, 1.82) is 0 Å². The van der Waals surface area contributed by atoms with Gasteiger partial charge in [0.2, 0.25) is 11.8 Å². The molecule has 2 saturated heterocycles. The number of aryl methyl sites for hydroxylation is 1. The molecule has 0 bridgehead atoms. The van der Waals surface area contributed by atoms with Gasteiger partial charge in [0.05, 0.1) is 24.9 Å². The summed E-state index contributed by atoms with van der Waals surface area (Å²) >= 11 is 0. The van der Waals surface area contributed by atoms with Crippen molar-refractivity contribution in [3.8, 4) is 0 Å². The highest BCUT2D eigenvalue weighted by atomic mass is 19.1. The molecule has 4 amide bonds. The van der Waals surface area contributed by atoms with Crippen LogP contribution in [-0.4, -0.2) is 58.8 Å². The van der Waals surface area contributed by atoms with Crippen LogP contribution in [0.4, 0.5) is 10.1 Å². The summed E-state index contributed by atoms with van der Waals surface area (Å²) in [5.74, 6) is -1.64. The van der Waals surface area contributed by atoms with Gasteiger partial charge in [0, 0.05) is 36.3 Å². The standard InChI is InChI=1S/C25H27FN4O5/c1-13-19(12-29-20-4-3-16(26)9-15(20)10-21(29)31)27-14(2)23(13)24(33)28-18-11-22(32)30(25(18)34)17-5-7-35-8-6-17/h3-4,9,17-18,27H,5-8,10-12H2,1-2H3,(H,28,33)/t18-/m0/s1. The lowest BCUT2D eigenvalue weighted by Crippen LogP contribution is -2.47. The smallest absolute Gasteiger partial charge is 0.254 e. The second kappa shape index (κ2) is 8.92. The fourth-order valence-electron chi connectivity index (χ4n) is 5.32. The number of likely N-dealkylation sites (tertiary alicyclic amines) is 1. The first-order chi connectivity index (χ1) is 16.7. The Morgan fingerprint density at radius 3 is 2.66 bits per heavy atom. The molecule has 1 aromatic carbocycles. The number of carbonyl (C=O) groups is 4. The monoisotopic (exact) mass is 482 g/mol. The van der Waals surface area contributed by atoms with Crippen molar-refractivity contribution in [3.63, 3.8) is 0 Å². The van der Waals surface area contributed by atoms with Crippen LogP contribution in [0.15, 0.2) is 18.2 Å². The van der Waals surface area contributed by atoms with Crippen molar-refractivity contribution in [3.05, 3.63) is 52.1 Å². The molecule has 5 rings (SSSR count). The van der Waals surface area contributed by atoms with E-state index in [-0.39, 0.29) is 49.0 Å². The molecular formula is C25H27FN4O5. The highest BCUT2D eigenvalue weighted by Crippen LogP contribution is 2.32. The van der Waals surface area contributed by atoms with E-state index in [1.54, 1.807) is 24.8 Å². The SMILES string of the molecule is Cc1[nH]c(CN2C(=O)Cc3cc(F)ccc32)c(C)c1C(=O)N[C@H]1CC(=O)N(C2CCOCC2)C1=O. The molecule has 0 unspecified atom stereocenters. The molecule has 0 saturated carbocycles. The molecule has 1 aromatic heterocycles. The topological polar surface area (TPSA) is 112 Å². The number of nitrogens with zero attached hydrogens (tertiary/aromatic N) is 2. The fraction of sp³-hybridized carbons (Fsp3) is 0.440. The largest absolute Gasteiger partial charge is 0.381 e. The molecule has 2 fully saturated rings. The lowest BCUT2D eigenvalue weighted by Gasteiger charge is -2.29. The summed E-state index contributed by atoms with van der Waals surface area (Å²) in [6.45, 7) is 4.73.